The number of aromatic nitrogens is 1. The van der Waals surface area contributed by atoms with Gasteiger partial charge in [0, 0.05) is 36.0 Å². The predicted molar refractivity (Wildman–Crippen MR) is 60.6 cm³/mol. The number of nitrogens with zero attached hydrogens (tertiary/aromatic N) is 2. The molecule has 1 fully saturated rings. The molecule has 15 heavy (non-hydrogen) atoms. The minimum absolute atomic E-state index is 0.693. The Morgan fingerprint density at radius 1 is 1.27 bits per heavy atom. The van der Waals surface area contributed by atoms with Crippen LogP contribution < -0.4 is 5.32 Å². The van der Waals surface area contributed by atoms with Crippen molar-refractivity contribution in [3.05, 3.63) is 24.0 Å². The third-order valence-corrected chi connectivity index (χ3v) is 3.32. The quantitative estimate of drug-likeness (QED) is 0.751. The summed E-state index contributed by atoms with van der Waals surface area (Å²) in [5, 5.41) is 3.39. The second-order valence-electron chi connectivity index (χ2n) is 4.31. The third kappa shape index (κ3) is 1.67. The molecule has 1 saturated heterocycles. The Balaban J connectivity index is 1.81. The van der Waals surface area contributed by atoms with Gasteiger partial charge >= 0.3 is 0 Å². The SMILES string of the molecule is c1cc2c(cn1)CC(C1CCNCC1)=N2. The van der Waals surface area contributed by atoms with E-state index in [1.54, 1.807) is 0 Å². The second-order valence-corrected chi connectivity index (χ2v) is 4.31. The highest BCUT2D eigenvalue weighted by molar-refractivity contribution is 5.95. The van der Waals surface area contributed by atoms with Gasteiger partial charge in [-0.15, -0.1) is 0 Å². The molecule has 2 aliphatic heterocycles. The first kappa shape index (κ1) is 9.04. The molecule has 0 bridgehead atoms. The van der Waals surface area contributed by atoms with Gasteiger partial charge in [-0.2, -0.15) is 0 Å². The van der Waals surface area contributed by atoms with E-state index in [0.29, 0.717) is 5.92 Å². The fourth-order valence-electron chi connectivity index (χ4n) is 2.45. The van der Waals surface area contributed by atoms with E-state index in [-0.39, 0.29) is 0 Å². The summed E-state index contributed by atoms with van der Waals surface area (Å²) in [4.78, 5) is 8.87. The minimum Gasteiger partial charge on any atom is -0.317 e. The lowest BCUT2D eigenvalue weighted by Gasteiger charge is -2.22. The molecule has 3 nitrogen and oxygen atoms in total. The zero-order valence-corrected chi connectivity index (χ0v) is 8.74. The molecule has 3 heterocycles. The number of nitrogens with one attached hydrogen (secondary N) is 1. The van der Waals surface area contributed by atoms with Crippen LogP contribution in [-0.4, -0.2) is 23.8 Å². The van der Waals surface area contributed by atoms with Gasteiger partial charge in [-0.25, -0.2) is 0 Å². The van der Waals surface area contributed by atoms with E-state index in [4.69, 9.17) is 4.99 Å². The maximum atomic E-state index is 4.72. The molecule has 0 atom stereocenters. The summed E-state index contributed by atoms with van der Waals surface area (Å²) in [6, 6.07) is 2.02. The normalized spacial score (nSPS) is 21.2. The fraction of sp³-hybridized carbons (Fsp3) is 0.500. The van der Waals surface area contributed by atoms with Crippen molar-refractivity contribution in [2.75, 3.05) is 13.1 Å². The van der Waals surface area contributed by atoms with Crippen LogP contribution in [0.3, 0.4) is 0 Å². The van der Waals surface area contributed by atoms with Crippen molar-refractivity contribution >= 4 is 11.4 Å². The van der Waals surface area contributed by atoms with Crippen LogP contribution in [0.5, 0.6) is 0 Å². The van der Waals surface area contributed by atoms with Crippen molar-refractivity contribution < 1.29 is 0 Å². The van der Waals surface area contributed by atoms with Crippen molar-refractivity contribution in [2.24, 2.45) is 10.9 Å². The Kier molecular flexibility index (Phi) is 2.25. The van der Waals surface area contributed by atoms with E-state index >= 15 is 0 Å². The average Bonchev–Trinajstić information content (AvgIpc) is 2.74. The van der Waals surface area contributed by atoms with Gasteiger partial charge in [-0.05, 0) is 32.0 Å². The first-order valence-corrected chi connectivity index (χ1v) is 5.64. The molecular formula is C12H15N3. The molecule has 78 valence electrons. The summed E-state index contributed by atoms with van der Waals surface area (Å²) in [6.45, 7) is 2.27. The van der Waals surface area contributed by atoms with Crippen molar-refractivity contribution in [3.8, 4) is 0 Å². The van der Waals surface area contributed by atoms with Gasteiger partial charge in [-0.3, -0.25) is 9.98 Å². The molecule has 0 aliphatic carbocycles. The average molecular weight is 201 g/mol. The summed E-state index contributed by atoms with van der Waals surface area (Å²) in [5.41, 5.74) is 3.81. The fourth-order valence-corrected chi connectivity index (χ4v) is 2.45. The number of fused-ring (bicyclic) bond motifs is 1. The van der Waals surface area contributed by atoms with Gasteiger partial charge in [-0.1, -0.05) is 0 Å². The standard InChI is InChI=1S/C12H15N3/c1-4-13-5-2-9(1)12-7-10-8-14-6-3-11(10)15-12/h3,6,8-9,13H,1-2,4-5,7H2. The van der Waals surface area contributed by atoms with Gasteiger partial charge < -0.3 is 5.32 Å². The zero-order valence-electron chi connectivity index (χ0n) is 8.74. The van der Waals surface area contributed by atoms with Gasteiger partial charge in [0.2, 0.25) is 0 Å². The lowest BCUT2D eigenvalue weighted by molar-refractivity contribution is 0.454. The summed E-state index contributed by atoms with van der Waals surface area (Å²) in [6.07, 6.45) is 7.27. The molecule has 0 radical (unpaired) electrons. The predicted octanol–water partition coefficient (Wildman–Crippen LogP) is 1.71. The van der Waals surface area contributed by atoms with Crippen molar-refractivity contribution in [3.63, 3.8) is 0 Å². The Labute approximate surface area is 89.6 Å². The van der Waals surface area contributed by atoms with Gasteiger partial charge in [0.25, 0.3) is 0 Å². The van der Waals surface area contributed by atoms with E-state index in [1.807, 2.05) is 18.5 Å². The number of rotatable bonds is 1. The molecule has 0 amide bonds. The molecular weight excluding hydrogens is 186 g/mol. The number of hydrogen-bond acceptors (Lipinski definition) is 3. The van der Waals surface area contributed by atoms with Crippen molar-refractivity contribution in [2.45, 2.75) is 19.3 Å². The van der Waals surface area contributed by atoms with Crippen LogP contribution in [0, 0.1) is 5.92 Å². The topological polar surface area (TPSA) is 37.3 Å². The van der Waals surface area contributed by atoms with Crippen molar-refractivity contribution in [1.29, 1.82) is 0 Å². The summed E-state index contributed by atoms with van der Waals surface area (Å²) in [7, 11) is 0. The lowest BCUT2D eigenvalue weighted by atomic mass is 9.91. The molecule has 0 saturated carbocycles. The molecule has 1 aromatic heterocycles. The second kappa shape index (κ2) is 3.74. The molecule has 3 heteroatoms. The smallest absolute Gasteiger partial charge is 0.0695 e. The zero-order chi connectivity index (χ0) is 10.1. The van der Waals surface area contributed by atoms with Crippen LogP contribution in [0.25, 0.3) is 0 Å². The molecule has 0 unspecified atom stereocenters. The summed E-state index contributed by atoms with van der Waals surface area (Å²) < 4.78 is 0. The molecule has 3 rings (SSSR count). The van der Waals surface area contributed by atoms with E-state index in [9.17, 15) is 0 Å². The van der Waals surface area contributed by atoms with Crippen LogP contribution in [-0.2, 0) is 6.42 Å². The van der Waals surface area contributed by atoms with Gasteiger partial charge in [0.15, 0.2) is 0 Å². The Hall–Kier alpha value is -1.22. The third-order valence-electron chi connectivity index (χ3n) is 3.32. The Morgan fingerprint density at radius 3 is 2.93 bits per heavy atom. The number of aliphatic imine (C=N–C) groups is 1. The summed E-state index contributed by atoms with van der Waals surface area (Å²) >= 11 is 0. The largest absolute Gasteiger partial charge is 0.317 e. The lowest BCUT2D eigenvalue weighted by Crippen LogP contribution is -2.31. The van der Waals surface area contributed by atoms with E-state index in [2.05, 4.69) is 10.3 Å². The van der Waals surface area contributed by atoms with Crippen LogP contribution in [0.2, 0.25) is 0 Å². The molecule has 0 spiro atoms. The van der Waals surface area contributed by atoms with Crippen molar-refractivity contribution in [1.82, 2.24) is 10.3 Å². The monoisotopic (exact) mass is 201 g/mol. The van der Waals surface area contributed by atoms with E-state index < -0.39 is 0 Å². The Bertz CT molecular complexity index is 392. The Morgan fingerprint density at radius 2 is 2.13 bits per heavy atom. The van der Waals surface area contributed by atoms with E-state index in [1.165, 1.54) is 24.1 Å². The highest BCUT2D eigenvalue weighted by Crippen LogP contribution is 2.30. The first-order valence-electron chi connectivity index (χ1n) is 5.64. The maximum Gasteiger partial charge on any atom is 0.0695 e. The van der Waals surface area contributed by atoms with Crippen LogP contribution in [0.4, 0.5) is 5.69 Å². The van der Waals surface area contributed by atoms with E-state index in [0.717, 1.165) is 25.2 Å². The number of hydrogen-bond donors (Lipinski definition) is 1. The minimum atomic E-state index is 0.693. The highest BCUT2D eigenvalue weighted by Gasteiger charge is 2.23. The molecule has 1 N–H and O–H groups in total. The highest BCUT2D eigenvalue weighted by atomic mass is 14.9. The maximum absolute atomic E-state index is 4.72. The summed E-state index contributed by atoms with van der Waals surface area (Å²) in [5.74, 6) is 0.693. The molecule has 1 aromatic rings. The van der Waals surface area contributed by atoms with Gasteiger partial charge in [0.05, 0.1) is 5.69 Å². The number of piperidine rings is 1. The van der Waals surface area contributed by atoms with Gasteiger partial charge in [0.1, 0.15) is 0 Å². The molecule has 0 aromatic carbocycles. The first-order chi connectivity index (χ1) is 7.43. The van der Waals surface area contributed by atoms with Crippen LogP contribution >= 0.6 is 0 Å². The number of pyridine rings is 1. The van der Waals surface area contributed by atoms with Crippen LogP contribution in [0.15, 0.2) is 23.5 Å². The molecule has 2 aliphatic rings. The van der Waals surface area contributed by atoms with Crippen LogP contribution in [0.1, 0.15) is 18.4 Å².